The zero-order valence-electron chi connectivity index (χ0n) is 18.2. The van der Waals surface area contributed by atoms with E-state index < -0.39 is 0 Å². The van der Waals surface area contributed by atoms with E-state index in [1.165, 1.54) is 0 Å². The van der Waals surface area contributed by atoms with Gasteiger partial charge in [-0.1, -0.05) is 42.5 Å². The number of rotatable bonds is 7. The largest absolute Gasteiger partial charge is 0.493 e. The highest BCUT2D eigenvalue weighted by atomic mass is 16.5. The third-order valence-corrected chi connectivity index (χ3v) is 5.93. The number of methoxy groups -OCH3 is 2. The van der Waals surface area contributed by atoms with Crippen molar-refractivity contribution in [2.45, 2.75) is 31.7 Å². The average Bonchev–Trinajstić information content (AvgIpc) is 3.68. The second-order valence-corrected chi connectivity index (χ2v) is 8.06. The number of fused-ring (bicyclic) bond motifs is 1. The fourth-order valence-electron chi connectivity index (χ4n) is 4.17. The summed E-state index contributed by atoms with van der Waals surface area (Å²) in [6, 6.07) is 21.7. The molecule has 1 aliphatic heterocycles. The molecule has 1 fully saturated rings. The molecule has 1 amide bonds. The summed E-state index contributed by atoms with van der Waals surface area (Å²) in [5, 5.41) is 3.55. The van der Waals surface area contributed by atoms with E-state index in [4.69, 9.17) is 14.2 Å². The summed E-state index contributed by atoms with van der Waals surface area (Å²) in [4.78, 5) is 15.3. The van der Waals surface area contributed by atoms with Gasteiger partial charge in [0.05, 0.1) is 19.8 Å². The van der Waals surface area contributed by atoms with E-state index in [1.807, 2.05) is 71.6 Å². The maximum Gasteiger partial charge on any atom is 0.258 e. The van der Waals surface area contributed by atoms with Crippen LogP contribution in [0.5, 0.6) is 17.2 Å². The first-order valence-electron chi connectivity index (χ1n) is 10.8. The molecule has 6 heteroatoms. The molecule has 3 aromatic carbocycles. The van der Waals surface area contributed by atoms with Crippen molar-refractivity contribution >= 4 is 11.6 Å². The Hall–Kier alpha value is -3.67. The highest BCUT2D eigenvalue weighted by molar-refractivity contribution is 6.02. The number of nitrogens with zero attached hydrogens (tertiary/aromatic N) is 1. The molecular weight excluding hydrogens is 404 g/mol. The van der Waals surface area contributed by atoms with Crippen molar-refractivity contribution in [2.24, 2.45) is 0 Å². The molecule has 0 radical (unpaired) electrons. The number of benzene rings is 3. The van der Waals surface area contributed by atoms with Gasteiger partial charge in [0.2, 0.25) is 5.75 Å². The molecule has 0 spiro atoms. The van der Waals surface area contributed by atoms with Crippen LogP contribution >= 0.6 is 0 Å². The minimum atomic E-state index is -0.309. The van der Waals surface area contributed by atoms with Gasteiger partial charge < -0.3 is 24.4 Å². The van der Waals surface area contributed by atoms with Gasteiger partial charge >= 0.3 is 0 Å². The summed E-state index contributed by atoms with van der Waals surface area (Å²) in [5.74, 6) is 1.73. The quantitative estimate of drug-likeness (QED) is 0.571. The van der Waals surface area contributed by atoms with Crippen LogP contribution in [0.4, 0.5) is 5.69 Å². The van der Waals surface area contributed by atoms with Gasteiger partial charge in [-0.15, -0.1) is 0 Å². The molecule has 1 atom stereocenters. The lowest BCUT2D eigenvalue weighted by atomic mass is 10.0. The number of ether oxygens (including phenoxy) is 3. The van der Waals surface area contributed by atoms with Crippen molar-refractivity contribution in [3.8, 4) is 17.2 Å². The molecule has 5 rings (SSSR count). The normalized spacial score (nSPS) is 17.4. The van der Waals surface area contributed by atoms with E-state index >= 15 is 0 Å². The molecule has 0 unspecified atom stereocenters. The number of para-hydroxylation sites is 1. The number of anilines is 1. The zero-order valence-corrected chi connectivity index (χ0v) is 18.2. The summed E-state index contributed by atoms with van der Waals surface area (Å²) in [5.41, 5.74) is 3.48. The lowest BCUT2D eigenvalue weighted by molar-refractivity contribution is 0.0666. The molecule has 0 bridgehead atoms. The molecular formula is C26H26N2O4. The molecule has 1 heterocycles. The van der Waals surface area contributed by atoms with Crippen LogP contribution in [0.3, 0.4) is 0 Å². The third kappa shape index (κ3) is 3.73. The van der Waals surface area contributed by atoms with Gasteiger partial charge in [0, 0.05) is 17.3 Å². The number of carbonyl (C=O) groups is 1. The first-order chi connectivity index (χ1) is 15.7. The van der Waals surface area contributed by atoms with Gasteiger partial charge in [0.15, 0.2) is 11.5 Å². The van der Waals surface area contributed by atoms with Crippen molar-refractivity contribution in [3.63, 3.8) is 0 Å². The fraction of sp³-hybridized carbons (Fsp3) is 0.269. The van der Waals surface area contributed by atoms with E-state index in [-0.39, 0.29) is 18.1 Å². The van der Waals surface area contributed by atoms with Crippen LogP contribution in [0.15, 0.2) is 66.7 Å². The Labute approximate surface area is 187 Å². The predicted molar refractivity (Wildman–Crippen MR) is 122 cm³/mol. The molecule has 1 saturated carbocycles. The molecule has 3 aromatic rings. The summed E-state index contributed by atoms with van der Waals surface area (Å²) in [6.45, 7) is 0.397. The number of carbonyl (C=O) groups excluding carboxylic acids is 1. The van der Waals surface area contributed by atoms with Crippen LogP contribution in [0.2, 0.25) is 0 Å². The Morgan fingerprint density at radius 1 is 0.938 bits per heavy atom. The lowest BCUT2D eigenvalue weighted by Gasteiger charge is -2.38. The van der Waals surface area contributed by atoms with Crippen molar-refractivity contribution < 1.29 is 19.0 Å². The Morgan fingerprint density at radius 2 is 1.59 bits per heavy atom. The molecule has 6 nitrogen and oxygen atoms in total. The molecule has 32 heavy (non-hydrogen) atoms. The first kappa shape index (κ1) is 20.2. The molecule has 2 aliphatic rings. The molecule has 164 valence electrons. The van der Waals surface area contributed by atoms with Crippen LogP contribution in [0.25, 0.3) is 0 Å². The molecule has 0 aromatic heterocycles. The number of hydrogen-bond acceptors (Lipinski definition) is 5. The van der Waals surface area contributed by atoms with Crippen LogP contribution in [0.1, 0.15) is 40.5 Å². The highest BCUT2D eigenvalue weighted by Crippen LogP contribution is 2.45. The summed E-state index contributed by atoms with van der Waals surface area (Å²) in [6.07, 6.45) is 1.72. The standard InChI is InChI=1S/C26H26N2O4/c1-30-22-14-18(15-23(31-2)24(22)32-16-17-8-4-3-5-9-17)25-27-21-11-7-6-10-20(21)26(29)28(25)19-12-13-19/h3-11,14-15,19,25,27H,12-13,16H2,1-2H3/t25-/m0/s1. The third-order valence-electron chi connectivity index (χ3n) is 5.93. The van der Waals surface area contributed by atoms with Gasteiger partial charge in [-0.25, -0.2) is 0 Å². The minimum Gasteiger partial charge on any atom is -0.493 e. The van der Waals surface area contributed by atoms with E-state index in [9.17, 15) is 4.79 Å². The Bertz CT molecular complexity index is 1100. The summed E-state index contributed by atoms with van der Waals surface area (Å²) < 4.78 is 17.4. The summed E-state index contributed by atoms with van der Waals surface area (Å²) in [7, 11) is 3.22. The van der Waals surface area contributed by atoms with Crippen LogP contribution in [-0.2, 0) is 6.61 Å². The van der Waals surface area contributed by atoms with E-state index in [0.29, 0.717) is 29.4 Å². The first-order valence-corrected chi connectivity index (χ1v) is 10.8. The molecule has 1 aliphatic carbocycles. The number of amides is 1. The SMILES string of the molecule is COc1cc([C@H]2Nc3ccccc3C(=O)N2C2CC2)cc(OC)c1OCc1ccccc1. The second-order valence-electron chi connectivity index (χ2n) is 8.06. The van der Waals surface area contributed by atoms with E-state index in [0.717, 1.165) is 29.7 Å². The van der Waals surface area contributed by atoms with Crippen molar-refractivity contribution in [3.05, 3.63) is 83.4 Å². The maximum atomic E-state index is 13.3. The zero-order chi connectivity index (χ0) is 22.1. The van der Waals surface area contributed by atoms with Crippen LogP contribution in [0, 0.1) is 0 Å². The van der Waals surface area contributed by atoms with Crippen LogP contribution in [-0.4, -0.2) is 31.1 Å². The Morgan fingerprint density at radius 3 is 2.25 bits per heavy atom. The highest BCUT2D eigenvalue weighted by Gasteiger charge is 2.42. The smallest absolute Gasteiger partial charge is 0.258 e. The van der Waals surface area contributed by atoms with Gasteiger partial charge in [-0.2, -0.15) is 0 Å². The van der Waals surface area contributed by atoms with Crippen molar-refractivity contribution in [1.29, 1.82) is 0 Å². The molecule has 0 saturated heterocycles. The topological polar surface area (TPSA) is 60.0 Å². The van der Waals surface area contributed by atoms with Crippen molar-refractivity contribution in [2.75, 3.05) is 19.5 Å². The number of nitrogens with one attached hydrogen (secondary N) is 1. The maximum absolute atomic E-state index is 13.3. The van der Waals surface area contributed by atoms with E-state index in [1.54, 1.807) is 14.2 Å². The average molecular weight is 431 g/mol. The Balaban J connectivity index is 1.51. The van der Waals surface area contributed by atoms with Gasteiger partial charge in [0.1, 0.15) is 12.8 Å². The monoisotopic (exact) mass is 430 g/mol. The van der Waals surface area contributed by atoms with E-state index in [2.05, 4.69) is 5.32 Å². The van der Waals surface area contributed by atoms with Crippen LogP contribution < -0.4 is 19.5 Å². The molecule has 1 N–H and O–H groups in total. The Kier molecular flexibility index (Phi) is 5.35. The predicted octanol–water partition coefficient (Wildman–Crippen LogP) is 5.01. The lowest BCUT2D eigenvalue weighted by Crippen LogP contribution is -2.44. The minimum absolute atomic E-state index is 0.0502. The van der Waals surface area contributed by atoms with Gasteiger partial charge in [0.25, 0.3) is 5.91 Å². The van der Waals surface area contributed by atoms with Gasteiger partial charge in [-0.3, -0.25) is 4.79 Å². The summed E-state index contributed by atoms with van der Waals surface area (Å²) >= 11 is 0. The fourth-order valence-corrected chi connectivity index (χ4v) is 4.17. The van der Waals surface area contributed by atoms with Crippen molar-refractivity contribution in [1.82, 2.24) is 4.90 Å². The second kappa shape index (κ2) is 8.46. The van der Waals surface area contributed by atoms with Gasteiger partial charge in [-0.05, 0) is 42.7 Å². The number of hydrogen-bond donors (Lipinski definition) is 1.